The molecule has 0 saturated heterocycles. The smallest absolute Gasteiger partial charge is 0.282 e. The van der Waals surface area contributed by atoms with Gasteiger partial charge in [0.2, 0.25) is 0 Å². The fraction of sp³-hybridized carbons (Fsp3) is 0.238. The molecule has 5 rings (SSSR count). The number of aliphatic imine (C=N–C) groups is 1. The monoisotopic (exact) mass is 329 g/mol. The van der Waals surface area contributed by atoms with Crippen LogP contribution in [-0.4, -0.2) is 23.2 Å². The molecule has 1 spiro atoms. The number of nitrogens with zero attached hydrogens (tertiary/aromatic N) is 2. The molecular weight excluding hydrogens is 310 g/mol. The zero-order chi connectivity index (χ0) is 16.9. The Morgan fingerprint density at radius 3 is 2.84 bits per heavy atom. The maximum Gasteiger partial charge on any atom is 0.282 e. The molecule has 2 aliphatic rings. The van der Waals surface area contributed by atoms with Crippen LogP contribution in [-0.2, 0) is 17.6 Å². The molecule has 1 aliphatic carbocycles. The first-order valence-electron chi connectivity index (χ1n) is 8.66. The minimum absolute atomic E-state index is 0.174. The Morgan fingerprint density at radius 2 is 1.96 bits per heavy atom. The van der Waals surface area contributed by atoms with Gasteiger partial charge < -0.3 is 10.5 Å². The van der Waals surface area contributed by atoms with Gasteiger partial charge in [-0.05, 0) is 34.9 Å². The van der Waals surface area contributed by atoms with Gasteiger partial charge in [0.1, 0.15) is 12.1 Å². The van der Waals surface area contributed by atoms with E-state index in [1.165, 1.54) is 27.6 Å². The van der Waals surface area contributed by atoms with Crippen LogP contribution in [0.2, 0.25) is 0 Å². The summed E-state index contributed by atoms with van der Waals surface area (Å²) in [5.74, 6) is 0. The standard InChI is InChI=1S/C21H19N3O/c22-20-24-21(13-25-20)8-7-14-5-6-15(9-17(14)10-21)19-12-23-11-16-3-1-2-4-18(16)19/h1-6,9,11-12H,7-8,10,13H2,(H2,22,24). The summed E-state index contributed by atoms with van der Waals surface area (Å²) in [5.41, 5.74) is 10.7. The predicted octanol–water partition coefficient (Wildman–Crippen LogP) is 3.47. The SMILES string of the molecule is NC1=NC2(CCc3ccc(-c4cncc5ccccc45)cc3C2)CO1. The highest BCUT2D eigenvalue weighted by molar-refractivity contribution is 5.95. The van der Waals surface area contributed by atoms with Gasteiger partial charge in [-0.3, -0.25) is 4.98 Å². The van der Waals surface area contributed by atoms with Gasteiger partial charge in [0.05, 0.1) is 0 Å². The maximum absolute atomic E-state index is 5.76. The highest BCUT2D eigenvalue weighted by Crippen LogP contribution is 2.37. The van der Waals surface area contributed by atoms with Crippen molar-refractivity contribution < 1.29 is 4.74 Å². The number of nitrogens with two attached hydrogens (primary N) is 1. The Kier molecular flexibility index (Phi) is 3.07. The van der Waals surface area contributed by atoms with E-state index in [1.807, 2.05) is 18.5 Å². The molecule has 124 valence electrons. The van der Waals surface area contributed by atoms with Crippen molar-refractivity contribution >= 4 is 16.8 Å². The van der Waals surface area contributed by atoms with Crippen molar-refractivity contribution in [2.24, 2.45) is 10.7 Å². The minimum Gasteiger partial charge on any atom is -0.463 e. The first-order chi connectivity index (χ1) is 12.2. The van der Waals surface area contributed by atoms with Crippen LogP contribution in [0.5, 0.6) is 0 Å². The number of amidine groups is 1. The number of aryl methyl sites for hydroxylation is 1. The lowest BCUT2D eigenvalue weighted by Crippen LogP contribution is -2.35. The first kappa shape index (κ1) is 14.5. The highest BCUT2D eigenvalue weighted by atomic mass is 16.5. The van der Waals surface area contributed by atoms with E-state index in [0.29, 0.717) is 12.6 Å². The van der Waals surface area contributed by atoms with Crippen molar-refractivity contribution in [2.75, 3.05) is 6.61 Å². The van der Waals surface area contributed by atoms with Gasteiger partial charge in [-0.15, -0.1) is 0 Å². The number of aromatic nitrogens is 1. The molecule has 0 saturated carbocycles. The number of hydrogen-bond donors (Lipinski definition) is 1. The van der Waals surface area contributed by atoms with E-state index in [2.05, 4.69) is 46.4 Å². The molecule has 4 nitrogen and oxygen atoms in total. The van der Waals surface area contributed by atoms with Crippen LogP contribution < -0.4 is 5.73 Å². The van der Waals surface area contributed by atoms with Crippen molar-refractivity contribution in [3.05, 3.63) is 66.0 Å². The van der Waals surface area contributed by atoms with Crippen molar-refractivity contribution in [1.82, 2.24) is 4.98 Å². The third kappa shape index (κ3) is 2.37. The molecule has 1 aliphatic heterocycles. The third-order valence-electron chi connectivity index (χ3n) is 5.40. The molecule has 0 fully saturated rings. The zero-order valence-electron chi connectivity index (χ0n) is 13.9. The summed E-state index contributed by atoms with van der Waals surface area (Å²) in [6.45, 7) is 0.596. The summed E-state index contributed by atoms with van der Waals surface area (Å²) in [7, 11) is 0. The second-order valence-electron chi connectivity index (χ2n) is 7.03. The summed E-state index contributed by atoms with van der Waals surface area (Å²) in [6, 6.07) is 15.5. The molecule has 3 aromatic rings. The fourth-order valence-electron chi connectivity index (χ4n) is 4.08. The van der Waals surface area contributed by atoms with E-state index in [-0.39, 0.29) is 5.54 Å². The first-order valence-corrected chi connectivity index (χ1v) is 8.66. The van der Waals surface area contributed by atoms with E-state index in [4.69, 9.17) is 10.5 Å². The van der Waals surface area contributed by atoms with Gasteiger partial charge in [0.15, 0.2) is 0 Å². The number of benzene rings is 2. The van der Waals surface area contributed by atoms with E-state index < -0.39 is 0 Å². The zero-order valence-corrected chi connectivity index (χ0v) is 13.9. The number of rotatable bonds is 1. The number of ether oxygens (including phenoxy) is 1. The second-order valence-corrected chi connectivity index (χ2v) is 7.03. The molecule has 2 aromatic carbocycles. The highest BCUT2D eigenvalue weighted by Gasteiger charge is 2.39. The van der Waals surface area contributed by atoms with Crippen molar-refractivity contribution in [2.45, 2.75) is 24.8 Å². The molecule has 2 N–H and O–H groups in total. The minimum atomic E-state index is -0.174. The molecule has 1 atom stereocenters. The molecule has 2 heterocycles. The maximum atomic E-state index is 5.76. The topological polar surface area (TPSA) is 60.5 Å². The van der Waals surface area contributed by atoms with Gasteiger partial charge in [0, 0.05) is 29.8 Å². The summed E-state index contributed by atoms with van der Waals surface area (Å²) >= 11 is 0. The largest absolute Gasteiger partial charge is 0.463 e. The van der Waals surface area contributed by atoms with Gasteiger partial charge in [-0.1, -0.05) is 42.5 Å². The summed E-state index contributed by atoms with van der Waals surface area (Å²) in [6.07, 6.45) is 6.77. The van der Waals surface area contributed by atoms with Crippen molar-refractivity contribution in [3.63, 3.8) is 0 Å². The van der Waals surface area contributed by atoms with Gasteiger partial charge >= 0.3 is 0 Å². The number of hydrogen-bond acceptors (Lipinski definition) is 4. The van der Waals surface area contributed by atoms with E-state index in [0.717, 1.165) is 24.6 Å². The lowest BCUT2D eigenvalue weighted by Gasteiger charge is -2.30. The average molecular weight is 329 g/mol. The lowest BCUT2D eigenvalue weighted by molar-refractivity contribution is 0.235. The summed E-state index contributed by atoms with van der Waals surface area (Å²) in [4.78, 5) is 9.01. The van der Waals surface area contributed by atoms with Gasteiger partial charge in [0.25, 0.3) is 6.02 Å². The lowest BCUT2D eigenvalue weighted by atomic mass is 9.78. The second kappa shape index (κ2) is 5.31. The number of fused-ring (bicyclic) bond motifs is 2. The molecule has 0 radical (unpaired) electrons. The Balaban J connectivity index is 1.60. The molecular formula is C21H19N3O. The summed E-state index contributed by atoms with van der Waals surface area (Å²) in [5, 5.41) is 2.39. The molecule has 0 bridgehead atoms. The fourth-order valence-corrected chi connectivity index (χ4v) is 4.08. The molecule has 1 unspecified atom stereocenters. The van der Waals surface area contributed by atoms with Crippen LogP contribution in [0.25, 0.3) is 21.9 Å². The van der Waals surface area contributed by atoms with Crippen LogP contribution >= 0.6 is 0 Å². The Morgan fingerprint density at radius 1 is 1.04 bits per heavy atom. The van der Waals surface area contributed by atoms with Crippen LogP contribution in [0.1, 0.15) is 17.5 Å². The van der Waals surface area contributed by atoms with E-state index >= 15 is 0 Å². The van der Waals surface area contributed by atoms with Crippen LogP contribution in [0.4, 0.5) is 0 Å². The summed E-state index contributed by atoms with van der Waals surface area (Å²) < 4.78 is 5.45. The Hall–Kier alpha value is -2.88. The third-order valence-corrected chi connectivity index (χ3v) is 5.40. The van der Waals surface area contributed by atoms with Crippen LogP contribution in [0, 0.1) is 0 Å². The normalized spacial score (nSPS) is 21.8. The Bertz CT molecular complexity index is 1010. The molecule has 1 aromatic heterocycles. The van der Waals surface area contributed by atoms with Gasteiger partial charge in [-0.25, -0.2) is 4.99 Å². The van der Waals surface area contributed by atoms with Crippen LogP contribution in [0.3, 0.4) is 0 Å². The number of pyridine rings is 1. The predicted molar refractivity (Wildman–Crippen MR) is 99.5 cm³/mol. The molecule has 0 amide bonds. The molecule has 4 heteroatoms. The van der Waals surface area contributed by atoms with Crippen LogP contribution in [0.15, 0.2) is 59.9 Å². The average Bonchev–Trinajstić information content (AvgIpc) is 3.00. The van der Waals surface area contributed by atoms with E-state index in [1.54, 1.807) is 0 Å². The van der Waals surface area contributed by atoms with Crippen molar-refractivity contribution in [3.8, 4) is 11.1 Å². The Labute approximate surface area is 146 Å². The quantitative estimate of drug-likeness (QED) is 0.743. The van der Waals surface area contributed by atoms with Crippen molar-refractivity contribution in [1.29, 1.82) is 0 Å². The molecule has 25 heavy (non-hydrogen) atoms. The van der Waals surface area contributed by atoms with E-state index in [9.17, 15) is 0 Å². The van der Waals surface area contributed by atoms with Gasteiger partial charge in [-0.2, -0.15) is 0 Å².